The molecule has 9 rings (SSSR count). The van der Waals surface area contributed by atoms with E-state index in [9.17, 15) is 33.6 Å². The lowest BCUT2D eigenvalue weighted by Gasteiger charge is -2.54. The van der Waals surface area contributed by atoms with Gasteiger partial charge in [-0.05, 0) is 144 Å². The van der Waals surface area contributed by atoms with E-state index >= 15 is 0 Å². The molecule has 71 heavy (non-hydrogen) atoms. The Labute approximate surface area is 424 Å². The van der Waals surface area contributed by atoms with E-state index in [2.05, 4.69) is 70.2 Å². The molecule has 8 fully saturated rings. The molecule has 0 aromatic carbocycles. The van der Waals surface area contributed by atoms with Gasteiger partial charge in [0.2, 0.25) is 0 Å². The van der Waals surface area contributed by atoms with Crippen molar-refractivity contribution in [2.75, 3.05) is 26.7 Å². The average molecular weight is 1010 g/mol. The van der Waals surface area contributed by atoms with Crippen LogP contribution in [0.15, 0.2) is 11.8 Å². The summed E-state index contributed by atoms with van der Waals surface area (Å²) in [5.41, 5.74) is 1.42. The second-order valence-corrected chi connectivity index (χ2v) is 25.2. The summed E-state index contributed by atoms with van der Waals surface area (Å²) < 4.78 is 54.8. The number of methoxy groups -OCH3 is 1. The summed E-state index contributed by atoms with van der Waals surface area (Å²) in [4.78, 5) is 4.86. The van der Waals surface area contributed by atoms with Crippen molar-refractivity contribution in [2.45, 2.75) is 237 Å². The highest BCUT2D eigenvalue weighted by molar-refractivity contribution is 5.25. The molecular weight excluding hydrogens is 912 g/mol. The zero-order chi connectivity index (χ0) is 50.5. The van der Waals surface area contributed by atoms with Gasteiger partial charge in [-0.15, -0.1) is 0 Å². The summed E-state index contributed by atoms with van der Waals surface area (Å²) in [5.74, 6) is 0.916. The second kappa shape index (κ2) is 23.2. The molecule has 0 bridgehead atoms. The van der Waals surface area contributed by atoms with Crippen LogP contribution >= 0.6 is 0 Å². The van der Waals surface area contributed by atoms with Crippen molar-refractivity contribution in [3.05, 3.63) is 11.8 Å². The van der Waals surface area contributed by atoms with Crippen molar-refractivity contribution in [1.29, 1.82) is 0 Å². The van der Waals surface area contributed by atoms with Crippen molar-refractivity contribution < 1.29 is 43.1 Å². The lowest BCUT2D eigenvalue weighted by Crippen LogP contribution is -2.60. The van der Waals surface area contributed by atoms with Crippen molar-refractivity contribution in [2.24, 2.45) is 71.0 Å². The molecule has 5 aliphatic heterocycles. The number of halogens is 3. The first-order valence-electron chi connectivity index (χ1n) is 28.9. The van der Waals surface area contributed by atoms with Crippen LogP contribution in [0.25, 0.3) is 0 Å². The van der Waals surface area contributed by atoms with E-state index in [0.717, 1.165) is 96.7 Å². The number of alkyl halides is 3. The van der Waals surface area contributed by atoms with Crippen molar-refractivity contribution >= 4 is 0 Å². The van der Waals surface area contributed by atoms with Gasteiger partial charge in [0, 0.05) is 74.4 Å². The number of aliphatic hydroxyl groups is 4. The van der Waals surface area contributed by atoms with Gasteiger partial charge in [0.15, 0.2) is 6.29 Å². The van der Waals surface area contributed by atoms with Crippen LogP contribution in [0, 0.1) is 71.0 Å². The van der Waals surface area contributed by atoms with Gasteiger partial charge in [0.1, 0.15) is 18.7 Å². The average Bonchev–Trinajstić information content (AvgIpc) is 4.21. The zero-order valence-electron chi connectivity index (χ0n) is 44.3. The van der Waals surface area contributed by atoms with E-state index in [1.807, 2.05) is 13.8 Å². The van der Waals surface area contributed by atoms with Gasteiger partial charge >= 0.3 is 6.18 Å². The zero-order valence-corrected chi connectivity index (χ0v) is 44.3. The van der Waals surface area contributed by atoms with E-state index in [1.165, 1.54) is 12.8 Å². The Morgan fingerprint density at radius 1 is 0.775 bits per heavy atom. The van der Waals surface area contributed by atoms with Gasteiger partial charge in [0.05, 0.1) is 36.5 Å². The first kappa shape index (κ1) is 54.6. The number of rotatable bonds is 17. The quantitative estimate of drug-likeness (QED) is 0.0735. The van der Waals surface area contributed by atoms with Gasteiger partial charge in [-0.25, -0.2) is 0 Å². The standard InChI is InChI=1S/C55H96F3N7O6/c1-8-46(66)63-48(30(4)5)52(68)64-23-11-14-43(64)51-60-28-41(62-51)34-17-21-39-44-25-35-24-33(18-22-42(35)65(44)53(71-45(39)26-34)32-15-19-36(20-16-32)55(56,57)58)40-27-59-50(61-40)38-13-10-9-12-37(38)49(67)47(29(2)3)31(6)54(69)70-7/h25,29-43,45-54,59-63,66-69H,8-24,26-28H2,1-7H3. The van der Waals surface area contributed by atoms with Gasteiger partial charge in [-0.3, -0.25) is 26.2 Å². The molecule has 21 unspecified atom stereocenters. The minimum absolute atomic E-state index is 0.0300. The molecule has 4 saturated heterocycles. The van der Waals surface area contributed by atoms with Gasteiger partial charge in [0.25, 0.3) is 0 Å². The van der Waals surface area contributed by atoms with Crippen LogP contribution in [0.1, 0.15) is 151 Å². The molecule has 9 aliphatic rings. The maximum absolute atomic E-state index is 14.0. The number of ether oxygens (including phenoxy) is 2. The van der Waals surface area contributed by atoms with Crippen LogP contribution in [0.3, 0.4) is 0 Å². The van der Waals surface area contributed by atoms with E-state index in [1.54, 1.807) is 0 Å². The fraction of sp³-hybridized carbons (Fsp3) is 0.964. The molecule has 21 atom stereocenters. The minimum atomic E-state index is -4.15. The summed E-state index contributed by atoms with van der Waals surface area (Å²) in [6, 6.07) is 0.784. The summed E-state index contributed by atoms with van der Waals surface area (Å²) in [6.07, 6.45) is 10.3. The first-order valence-corrected chi connectivity index (χ1v) is 28.9. The predicted molar refractivity (Wildman–Crippen MR) is 269 cm³/mol. The fourth-order valence-corrected chi connectivity index (χ4v) is 16.6. The number of nitrogens with one attached hydrogen (secondary N) is 5. The van der Waals surface area contributed by atoms with Crippen LogP contribution in [0.5, 0.6) is 0 Å². The molecule has 9 N–H and O–H groups in total. The Hall–Kier alpha value is -1.15. The largest absolute Gasteiger partial charge is 0.393 e. The molecule has 408 valence electrons. The number of hydrogen-bond donors (Lipinski definition) is 9. The summed E-state index contributed by atoms with van der Waals surface area (Å²) in [5, 5.41) is 64.1. The van der Waals surface area contributed by atoms with E-state index in [4.69, 9.17) is 9.47 Å². The van der Waals surface area contributed by atoms with Crippen molar-refractivity contribution in [1.82, 2.24) is 36.4 Å². The molecule has 5 heterocycles. The normalized spacial score (nSPS) is 42.3. The number of fused-ring (bicyclic) bond motifs is 5. The van der Waals surface area contributed by atoms with E-state index in [0.29, 0.717) is 55.0 Å². The van der Waals surface area contributed by atoms with Gasteiger partial charge in [-0.2, -0.15) is 13.2 Å². The SMILES string of the molecule is CCC(O)NC(C(C)C)C(O)N1CCCC1C1NCC(C2CCC3C4=CC5CC(C6CNC(C7CCCCC7C(O)C(C(C)C)C(C)C(O)OC)N6)CCC5N4C(C4CCC(C(F)(F)F)CC4)OC3C2)N1. The van der Waals surface area contributed by atoms with Gasteiger partial charge < -0.3 is 40.1 Å². The molecule has 0 aromatic heterocycles. The highest BCUT2D eigenvalue weighted by Gasteiger charge is 2.56. The third kappa shape index (κ3) is 11.5. The third-order valence-corrected chi connectivity index (χ3v) is 20.5. The van der Waals surface area contributed by atoms with Crippen molar-refractivity contribution in [3.63, 3.8) is 0 Å². The Bertz CT molecular complexity index is 1740. The molecular formula is C55H96F3N7O6. The fourth-order valence-electron chi connectivity index (χ4n) is 16.6. The lowest BCUT2D eigenvalue weighted by molar-refractivity contribution is -0.212. The molecule has 16 heteroatoms. The second-order valence-electron chi connectivity index (χ2n) is 25.2. The van der Waals surface area contributed by atoms with Crippen LogP contribution < -0.4 is 26.6 Å². The first-order chi connectivity index (χ1) is 34.0. The molecule has 0 amide bonds. The summed E-state index contributed by atoms with van der Waals surface area (Å²) >= 11 is 0. The Morgan fingerprint density at radius 2 is 1.44 bits per heavy atom. The summed E-state index contributed by atoms with van der Waals surface area (Å²) in [7, 11) is 1.53. The van der Waals surface area contributed by atoms with E-state index in [-0.39, 0.29) is 97.1 Å². The van der Waals surface area contributed by atoms with E-state index < -0.39 is 36.9 Å². The number of nitrogens with zero attached hydrogens (tertiary/aromatic N) is 2. The van der Waals surface area contributed by atoms with Gasteiger partial charge in [-0.1, -0.05) is 60.5 Å². The summed E-state index contributed by atoms with van der Waals surface area (Å²) in [6.45, 7) is 15.0. The lowest BCUT2D eigenvalue weighted by atomic mass is 9.67. The monoisotopic (exact) mass is 1010 g/mol. The maximum Gasteiger partial charge on any atom is 0.391 e. The predicted octanol–water partition coefficient (Wildman–Crippen LogP) is 6.42. The Kier molecular flexibility index (Phi) is 17.9. The molecule has 0 spiro atoms. The van der Waals surface area contributed by atoms with Crippen molar-refractivity contribution in [3.8, 4) is 0 Å². The number of aliphatic hydroxyl groups excluding tert-OH is 4. The van der Waals surface area contributed by atoms with Crippen LogP contribution in [-0.2, 0) is 9.47 Å². The smallest absolute Gasteiger partial charge is 0.391 e. The highest BCUT2D eigenvalue weighted by Crippen LogP contribution is 2.54. The van der Waals surface area contributed by atoms with Crippen LogP contribution in [0.2, 0.25) is 0 Å². The molecule has 0 aromatic rings. The molecule has 13 nitrogen and oxygen atoms in total. The van der Waals surface area contributed by atoms with Crippen LogP contribution in [-0.4, -0.2) is 143 Å². The third-order valence-electron chi connectivity index (χ3n) is 20.5. The number of hydrogen-bond acceptors (Lipinski definition) is 13. The Morgan fingerprint density at radius 3 is 2.11 bits per heavy atom. The number of likely N-dealkylation sites (tertiary alicyclic amines) is 1. The molecule has 4 saturated carbocycles. The highest BCUT2D eigenvalue weighted by atomic mass is 19.4. The molecule has 4 aliphatic carbocycles. The molecule has 0 radical (unpaired) electrons. The minimum Gasteiger partial charge on any atom is -0.393 e. The Balaban J connectivity index is 0.868. The maximum atomic E-state index is 14.0. The van der Waals surface area contributed by atoms with Crippen LogP contribution in [0.4, 0.5) is 13.2 Å². The topological polar surface area (TPSA) is 166 Å².